The van der Waals surface area contributed by atoms with E-state index < -0.39 is 28.5 Å². The largest absolute Gasteiger partial charge is 0.504 e. The van der Waals surface area contributed by atoms with Crippen molar-refractivity contribution in [3.05, 3.63) is 40.3 Å². The molecule has 0 unspecified atom stereocenters. The van der Waals surface area contributed by atoms with Crippen molar-refractivity contribution in [3.8, 4) is 40.1 Å². The Morgan fingerprint density at radius 3 is 2.36 bits per heavy atom. The molecule has 0 radical (unpaired) electrons. The first-order valence-corrected chi connectivity index (χ1v) is 7.01. The van der Waals surface area contributed by atoms with E-state index in [4.69, 9.17) is 13.9 Å². The maximum absolute atomic E-state index is 13.8. The van der Waals surface area contributed by atoms with E-state index in [0.717, 1.165) is 18.2 Å². The SMILES string of the molecule is COc1cc(-c2cc(=O)c3c(O)c(OC)c(O)cc3o2)cc(F)c1O. The summed E-state index contributed by atoms with van der Waals surface area (Å²) >= 11 is 0. The molecule has 0 saturated heterocycles. The zero-order chi connectivity index (χ0) is 18.3. The van der Waals surface area contributed by atoms with Crippen LogP contribution >= 0.6 is 0 Å². The summed E-state index contributed by atoms with van der Waals surface area (Å²) in [6.45, 7) is 0. The van der Waals surface area contributed by atoms with Gasteiger partial charge in [-0.1, -0.05) is 0 Å². The highest BCUT2D eigenvalue weighted by atomic mass is 19.1. The average molecular weight is 348 g/mol. The molecule has 1 aromatic heterocycles. The number of ether oxygens (including phenoxy) is 2. The van der Waals surface area contributed by atoms with Crippen LogP contribution in [-0.4, -0.2) is 29.5 Å². The number of phenolic OH excluding ortho intramolecular Hbond substituents is 3. The molecular formula is C17H13FO7. The van der Waals surface area contributed by atoms with Crippen molar-refractivity contribution >= 4 is 11.0 Å². The quantitative estimate of drug-likeness (QED) is 0.667. The van der Waals surface area contributed by atoms with E-state index in [-0.39, 0.29) is 33.8 Å². The summed E-state index contributed by atoms with van der Waals surface area (Å²) in [5.41, 5.74) is -0.619. The molecule has 3 rings (SSSR count). The van der Waals surface area contributed by atoms with Crippen molar-refractivity contribution in [2.75, 3.05) is 14.2 Å². The van der Waals surface area contributed by atoms with Gasteiger partial charge in [-0.15, -0.1) is 0 Å². The topological polar surface area (TPSA) is 109 Å². The van der Waals surface area contributed by atoms with E-state index in [1.165, 1.54) is 20.3 Å². The Bertz CT molecular complexity index is 1040. The second kappa shape index (κ2) is 5.90. The molecule has 8 heteroatoms. The van der Waals surface area contributed by atoms with E-state index in [0.29, 0.717) is 0 Å². The number of aromatic hydroxyl groups is 3. The van der Waals surface area contributed by atoms with Crippen molar-refractivity contribution in [1.29, 1.82) is 0 Å². The van der Waals surface area contributed by atoms with Crippen LogP contribution in [0, 0.1) is 5.82 Å². The van der Waals surface area contributed by atoms with Crippen molar-refractivity contribution in [2.24, 2.45) is 0 Å². The monoisotopic (exact) mass is 348 g/mol. The second-order valence-corrected chi connectivity index (χ2v) is 5.13. The van der Waals surface area contributed by atoms with Crippen LogP contribution in [0.15, 0.2) is 33.5 Å². The summed E-state index contributed by atoms with van der Waals surface area (Å²) in [6, 6.07) is 4.40. The van der Waals surface area contributed by atoms with E-state index in [2.05, 4.69) is 0 Å². The Kier molecular flexibility index (Phi) is 3.88. The van der Waals surface area contributed by atoms with Crippen LogP contribution in [0.3, 0.4) is 0 Å². The summed E-state index contributed by atoms with van der Waals surface area (Å²) in [5.74, 6) is -3.07. The number of rotatable bonds is 3. The fraction of sp³-hybridized carbons (Fsp3) is 0.118. The number of phenols is 3. The third-order valence-electron chi connectivity index (χ3n) is 3.66. The lowest BCUT2D eigenvalue weighted by atomic mass is 10.1. The predicted octanol–water partition coefficient (Wildman–Crippen LogP) is 2.73. The summed E-state index contributed by atoms with van der Waals surface area (Å²) in [5, 5.41) is 29.3. The molecule has 0 aliphatic rings. The molecule has 25 heavy (non-hydrogen) atoms. The lowest BCUT2D eigenvalue weighted by molar-refractivity contribution is 0.346. The van der Waals surface area contributed by atoms with Gasteiger partial charge in [0.1, 0.15) is 16.7 Å². The molecule has 0 bridgehead atoms. The minimum absolute atomic E-state index is 0.0429. The fourth-order valence-corrected chi connectivity index (χ4v) is 2.49. The van der Waals surface area contributed by atoms with Gasteiger partial charge in [-0.05, 0) is 12.1 Å². The summed E-state index contributed by atoms with van der Waals surface area (Å²) in [6.07, 6.45) is 0. The van der Waals surface area contributed by atoms with E-state index in [9.17, 15) is 24.5 Å². The summed E-state index contributed by atoms with van der Waals surface area (Å²) < 4.78 is 29.0. The average Bonchev–Trinajstić information content (AvgIpc) is 2.56. The minimum Gasteiger partial charge on any atom is -0.504 e. The zero-order valence-electron chi connectivity index (χ0n) is 13.2. The van der Waals surface area contributed by atoms with E-state index in [1.807, 2.05) is 0 Å². The third kappa shape index (κ3) is 2.57. The molecule has 1 heterocycles. The van der Waals surface area contributed by atoms with Gasteiger partial charge in [0, 0.05) is 17.7 Å². The Balaban J connectivity index is 2.30. The number of halogens is 1. The van der Waals surface area contributed by atoms with Gasteiger partial charge in [0.15, 0.2) is 34.2 Å². The first-order valence-electron chi connectivity index (χ1n) is 7.01. The third-order valence-corrected chi connectivity index (χ3v) is 3.66. The van der Waals surface area contributed by atoms with Crippen LogP contribution in [0.1, 0.15) is 0 Å². The van der Waals surface area contributed by atoms with Gasteiger partial charge in [-0.2, -0.15) is 0 Å². The summed E-state index contributed by atoms with van der Waals surface area (Å²) in [4.78, 5) is 12.3. The van der Waals surface area contributed by atoms with Crippen molar-refractivity contribution < 1.29 is 33.6 Å². The van der Waals surface area contributed by atoms with Gasteiger partial charge in [0.2, 0.25) is 5.75 Å². The van der Waals surface area contributed by atoms with Crippen LogP contribution in [0.2, 0.25) is 0 Å². The number of benzene rings is 2. The van der Waals surface area contributed by atoms with Gasteiger partial charge in [0.05, 0.1) is 14.2 Å². The normalized spacial score (nSPS) is 10.8. The lowest BCUT2D eigenvalue weighted by Gasteiger charge is -2.10. The molecule has 3 N–H and O–H groups in total. The first kappa shape index (κ1) is 16.4. The molecule has 130 valence electrons. The highest BCUT2D eigenvalue weighted by molar-refractivity contribution is 5.89. The second-order valence-electron chi connectivity index (χ2n) is 5.13. The molecule has 0 aliphatic heterocycles. The highest BCUT2D eigenvalue weighted by Gasteiger charge is 2.19. The van der Waals surface area contributed by atoms with Crippen LogP contribution in [0.5, 0.6) is 28.7 Å². The molecule has 3 aromatic rings. The summed E-state index contributed by atoms with van der Waals surface area (Å²) in [7, 11) is 2.47. The van der Waals surface area contributed by atoms with E-state index >= 15 is 0 Å². The Morgan fingerprint density at radius 1 is 1.00 bits per heavy atom. The molecule has 0 amide bonds. The minimum atomic E-state index is -0.961. The maximum atomic E-state index is 13.8. The van der Waals surface area contributed by atoms with Gasteiger partial charge in [-0.3, -0.25) is 4.79 Å². The Labute approximate surface area is 140 Å². The standard InChI is InChI=1S/C17H13FO7/c1-23-13-4-7(3-8(18)15(13)21)11-5-9(19)14-12(25-11)6-10(20)17(24-2)16(14)22/h3-6,20-22H,1-2H3. The van der Waals surface area contributed by atoms with Gasteiger partial charge >= 0.3 is 0 Å². The molecule has 0 spiro atoms. The molecule has 2 aromatic carbocycles. The number of hydrogen-bond donors (Lipinski definition) is 3. The molecule has 0 fully saturated rings. The van der Waals surface area contributed by atoms with Crippen molar-refractivity contribution in [2.45, 2.75) is 0 Å². The molecule has 0 aliphatic carbocycles. The number of methoxy groups -OCH3 is 2. The van der Waals surface area contributed by atoms with Gasteiger partial charge < -0.3 is 29.2 Å². The first-order chi connectivity index (χ1) is 11.9. The lowest BCUT2D eigenvalue weighted by Crippen LogP contribution is -2.02. The number of fused-ring (bicyclic) bond motifs is 1. The highest BCUT2D eigenvalue weighted by Crippen LogP contribution is 2.42. The molecule has 0 atom stereocenters. The smallest absolute Gasteiger partial charge is 0.203 e. The van der Waals surface area contributed by atoms with Gasteiger partial charge in [-0.25, -0.2) is 4.39 Å². The molecule has 0 saturated carbocycles. The number of hydrogen-bond acceptors (Lipinski definition) is 7. The Hall–Kier alpha value is -3.42. The van der Waals surface area contributed by atoms with Crippen LogP contribution < -0.4 is 14.9 Å². The van der Waals surface area contributed by atoms with E-state index in [1.54, 1.807) is 0 Å². The van der Waals surface area contributed by atoms with Gasteiger partial charge in [0.25, 0.3) is 0 Å². The molecule has 7 nitrogen and oxygen atoms in total. The maximum Gasteiger partial charge on any atom is 0.203 e. The van der Waals surface area contributed by atoms with Crippen molar-refractivity contribution in [3.63, 3.8) is 0 Å². The molecular weight excluding hydrogens is 335 g/mol. The fourth-order valence-electron chi connectivity index (χ4n) is 2.49. The van der Waals surface area contributed by atoms with Crippen LogP contribution in [-0.2, 0) is 0 Å². The van der Waals surface area contributed by atoms with Crippen LogP contribution in [0.4, 0.5) is 4.39 Å². The van der Waals surface area contributed by atoms with Crippen molar-refractivity contribution in [1.82, 2.24) is 0 Å². The zero-order valence-corrected chi connectivity index (χ0v) is 13.2. The van der Waals surface area contributed by atoms with Crippen LogP contribution in [0.25, 0.3) is 22.3 Å². The predicted molar refractivity (Wildman–Crippen MR) is 86.0 cm³/mol. The Morgan fingerprint density at radius 2 is 1.72 bits per heavy atom.